The molecule has 6 aromatic heterocycles. The summed E-state index contributed by atoms with van der Waals surface area (Å²) < 4.78 is 19.6. The average Bonchev–Trinajstić information content (AvgIpc) is 4.20. The lowest BCUT2D eigenvalue weighted by Gasteiger charge is -2.07. The molecule has 0 fully saturated rings. The van der Waals surface area contributed by atoms with E-state index < -0.39 is 12.2 Å². The van der Waals surface area contributed by atoms with Crippen LogP contribution in [-0.2, 0) is 22.7 Å². The zero-order valence-corrected chi connectivity index (χ0v) is 36.2. The highest BCUT2D eigenvalue weighted by atomic mass is 32.1. The maximum Gasteiger partial charge on any atom is 0.419 e. The van der Waals surface area contributed by atoms with Crippen LogP contribution in [-0.4, -0.2) is 44.5 Å². The molecular formula is C50H26N2O8S4. The molecule has 4 aromatic carbocycles. The molecule has 2 aliphatic carbocycles. The first-order chi connectivity index (χ1) is 31.2. The van der Waals surface area contributed by atoms with Crippen molar-refractivity contribution < 1.29 is 38.2 Å². The zero-order valence-electron chi connectivity index (χ0n) is 32.9. The van der Waals surface area contributed by atoms with Crippen LogP contribution in [0.2, 0.25) is 0 Å². The van der Waals surface area contributed by atoms with Gasteiger partial charge in [0.1, 0.15) is 13.2 Å². The second-order valence-corrected chi connectivity index (χ2v) is 19.4. The minimum atomic E-state index is -0.619. The van der Waals surface area contributed by atoms with E-state index in [4.69, 9.17) is 9.47 Å². The van der Waals surface area contributed by atoms with E-state index in [2.05, 4.69) is 0 Å². The number of ether oxygens (including phenoxy) is 2. The Morgan fingerprint density at radius 1 is 0.438 bits per heavy atom. The van der Waals surface area contributed by atoms with Crippen molar-refractivity contribution >= 4 is 143 Å². The van der Waals surface area contributed by atoms with Gasteiger partial charge in [-0.25, -0.2) is 18.7 Å². The van der Waals surface area contributed by atoms with Crippen molar-refractivity contribution in [2.24, 2.45) is 0 Å². The normalized spacial score (nSPS) is 13.6. The Hall–Kier alpha value is -7.36. The van der Waals surface area contributed by atoms with Crippen molar-refractivity contribution in [1.82, 2.24) is 9.13 Å². The molecule has 12 rings (SSSR count). The van der Waals surface area contributed by atoms with E-state index in [1.807, 2.05) is 60.7 Å². The average molecular weight is 911 g/mol. The molecule has 64 heavy (non-hydrogen) atoms. The highest BCUT2D eigenvalue weighted by molar-refractivity contribution is 7.40. The van der Waals surface area contributed by atoms with Crippen LogP contribution in [0.25, 0.3) is 62.4 Å². The zero-order chi connectivity index (χ0) is 43.4. The summed E-state index contributed by atoms with van der Waals surface area (Å²) in [6.45, 7) is 0.0383. The van der Waals surface area contributed by atoms with Gasteiger partial charge in [0.15, 0.2) is 23.1 Å². The number of hydrogen-bond acceptors (Lipinski definition) is 12. The monoisotopic (exact) mass is 910 g/mol. The first-order valence-electron chi connectivity index (χ1n) is 19.9. The Balaban J connectivity index is 1.04. The molecule has 0 aliphatic heterocycles. The molecule has 0 saturated heterocycles. The van der Waals surface area contributed by atoms with Gasteiger partial charge in [0.2, 0.25) is 0 Å². The van der Waals surface area contributed by atoms with Crippen LogP contribution in [0.1, 0.15) is 62.3 Å². The predicted molar refractivity (Wildman–Crippen MR) is 252 cm³/mol. The summed E-state index contributed by atoms with van der Waals surface area (Å²) in [4.78, 5) is 83.6. The molecule has 0 saturated carbocycles. The summed E-state index contributed by atoms with van der Waals surface area (Å²) in [5.41, 5.74) is 5.49. The van der Waals surface area contributed by atoms with E-state index >= 15 is 0 Å². The minimum Gasteiger partial charge on any atom is -0.444 e. The number of carbonyl (C=O) groups excluding carboxylic acids is 6. The summed E-state index contributed by atoms with van der Waals surface area (Å²) >= 11 is 5.57. The molecule has 0 spiro atoms. The van der Waals surface area contributed by atoms with Crippen LogP contribution >= 0.6 is 45.3 Å². The minimum absolute atomic E-state index is 0.0192. The molecule has 6 heterocycles. The third-order valence-corrected chi connectivity index (χ3v) is 16.4. The lowest BCUT2D eigenvalue weighted by molar-refractivity contribution is 0.0975. The highest BCUT2D eigenvalue weighted by Crippen LogP contribution is 2.53. The number of thiophene rings is 4. The number of rotatable bonds is 6. The molecule has 10 aromatic rings. The van der Waals surface area contributed by atoms with Crippen LogP contribution in [0.5, 0.6) is 0 Å². The van der Waals surface area contributed by atoms with Gasteiger partial charge in [0.25, 0.3) is 0 Å². The second kappa shape index (κ2) is 14.6. The van der Waals surface area contributed by atoms with Gasteiger partial charge in [-0.15, -0.1) is 45.3 Å². The predicted octanol–water partition coefficient (Wildman–Crippen LogP) is 12.6. The van der Waals surface area contributed by atoms with Crippen molar-refractivity contribution in [2.75, 3.05) is 0 Å². The molecule has 14 heteroatoms. The Labute approximate surface area is 377 Å². The van der Waals surface area contributed by atoms with Crippen LogP contribution in [0.15, 0.2) is 132 Å². The summed E-state index contributed by atoms with van der Waals surface area (Å²) in [5, 5.41) is 0. The van der Waals surface area contributed by atoms with E-state index in [-0.39, 0.29) is 47.5 Å². The van der Waals surface area contributed by atoms with Gasteiger partial charge in [0.05, 0.1) is 61.4 Å². The van der Waals surface area contributed by atoms with Gasteiger partial charge in [0, 0.05) is 32.0 Å². The number of fused-ring (bicyclic) bond motifs is 11. The first-order valence-corrected chi connectivity index (χ1v) is 23.2. The van der Waals surface area contributed by atoms with Crippen molar-refractivity contribution in [3.8, 4) is 0 Å². The fourth-order valence-corrected chi connectivity index (χ4v) is 13.8. The number of benzene rings is 4. The SMILES string of the molecule is O=C1C(=Cc2cc3c(s2)c2sc4c(sc5c6sc(C=C7C(=O)c8ccccc8C7=O)cc6n(C(=O)OCc6ccccc6)c54)c2n3C(=O)OCc2ccccc2)C(=O)c2ccccc21. The Bertz CT molecular complexity index is 3470. The molecule has 0 N–H and O–H groups in total. The smallest absolute Gasteiger partial charge is 0.419 e. The van der Waals surface area contributed by atoms with Crippen molar-refractivity contribution in [2.45, 2.75) is 13.2 Å². The van der Waals surface area contributed by atoms with E-state index in [1.165, 1.54) is 45.3 Å². The summed E-state index contributed by atoms with van der Waals surface area (Å²) in [6, 6.07) is 35.8. The van der Waals surface area contributed by atoms with Crippen LogP contribution < -0.4 is 0 Å². The first kappa shape index (κ1) is 38.3. The Morgan fingerprint density at radius 3 is 1.12 bits per heavy atom. The molecule has 0 bridgehead atoms. The van der Waals surface area contributed by atoms with Gasteiger partial charge >= 0.3 is 12.2 Å². The van der Waals surface area contributed by atoms with E-state index in [1.54, 1.807) is 81.9 Å². The quantitative estimate of drug-likeness (QED) is 0.119. The van der Waals surface area contributed by atoms with Crippen molar-refractivity contribution in [3.05, 3.63) is 176 Å². The molecule has 0 atom stereocenters. The summed E-state index contributed by atoms with van der Waals surface area (Å²) in [7, 11) is 0. The topological polar surface area (TPSA) is 131 Å². The molecule has 308 valence electrons. The van der Waals surface area contributed by atoms with E-state index in [0.29, 0.717) is 54.1 Å². The molecule has 0 radical (unpaired) electrons. The van der Waals surface area contributed by atoms with Gasteiger partial charge < -0.3 is 9.47 Å². The molecule has 0 unspecified atom stereocenters. The number of hydrogen-bond donors (Lipinski definition) is 0. The number of carbonyl (C=O) groups is 6. The van der Waals surface area contributed by atoms with Crippen molar-refractivity contribution in [3.63, 3.8) is 0 Å². The summed E-state index contributed by atoms with van der Waals surface area (Å²) in [6.07, 6.45) is 1.95. The second-order valence-electron chi connectivity index (χ2n) is 15.2. The van der Waals surface area contributed by atoms with E-state index in [0.717, 1.165) is 39.3 Å². The van der Waals surface area contributed by atoms with Gasteiger partial charge in [-0.1, -0.05) is 109 Å². The van der Waals surface area contributed by atoms with Gasteiger partial charge in [-0.3, -0.25) is 19.2 Å². The molecular weight excluding hydrogens is 885 g/mol. The largest absolute Gasteiger partial charge is 0.444 e. The Morgan fingerprint density at radius 2 is 0.766 bits per heavy atom. The third-order valence-electron chi connectivity index (χ3n) is 11.4. The van der Waals surface area contributed by atoms with Crippen LogP contribution in [0.4, 0.5) is 9.59 Å². The Kier molecular flexibility index (Phi) is 8.75. The van der Waals surface area contributed by atoms with Crippen LogP contribution in [0, 0.1) is 0 Å². The fourth-order valence-electron chi connectivity index (χ4n) is 8.50. The van der Waals surface area contributed by atoms with Crippen molar-refractivity contribution in [1.29, 1.82) is 0 Å². The lowest BCUT2D eigenvalue weighted by atomic mass is 10.1. The number of allylic oxidation sites excluding steroid dienone is 2. The molecule has 2 aliphatic rings. The number of nitrogens with zero attached hydrogens (tertiary/aromatic N) is 2. The number of aromatic nitrogens is 2. The number of ketones is 4. The number of Topliss-reactive ketones (excluding diaryl/α,β-unsaturated/α-hetero) is 4. The third kappa shape index (κ3) is 5.80. The summed E-state index contributed by atoms with van der Waals surface area (Å²) in [5.74, 6) is -1.39. The van der Waals surface area contributed by atoms with Crippen LogP contribution in [0.3, 0.4) is 0 Å². The fraction of sp³-hybridized carbons (Fsp3) is 0.0400. The van der Waals surface area contributed by atoms with Gasteiger partial charge in [-0.2, -0.15) is 0 Å². The molecule has 10 nitrogen and oxygen atoms in total. The van der Waals surface area contributed by atoms with E-state index in [9.17, 15) is 28.8 Å². The van der Waals surface area contributed by atoms with Gasteiger partial charge in [-0.05, 0) is 35.4 Å². The molecule has 0 amide bonds. The standard InChI is InChI=1S/C50H26N2O8S4/c53-39-29-15-7-8-16-30(29)40(54)33(39)19-27-21-35-43(61-27)45-37(51(35)49(57)59-23-25-11-3-1-4-12-25)47-48(63-45)38-46(64-47)44-36(52(38)50(58)60-24-26-13-5-2-6-14-26)22-28(62-44)20-34-41(55)31-17-9-10-18-32(31)42(34)56/h1-22H,23-24H2. The highest BCUT2D eigenvalue weighted by Gasteiger charge is 2.35. The maximum absolute atomic E-state index is 14.4. The lowest BCUT2D eigenvalue weighted by Crippen LogP contribution is -2.13. The maximum atomic E-state index is 14.4.